The maximum Gasteiger partial charge on any atom is 0.255 e. The number of ketones is 1. The fraction of sp³-hybridized carbons (Fsp3) is 0.0952. The molecule has 0 radical (unpaired) electrons. The van der Waals surface area contributed by atoms with E-state index < -0.39 is 0 Å². The van der Waals surface area contributed by atoms with Crippen LogP contribution in [0.2, 0.25) is 5.02 Å². The second-order valence-corrected chi connectivity index (χ2v) is 6.37. The molecule has 0 saturated carbocycles. The van der Waals surface area contributed by atoms with Crippen molar-refractivity contribution in [1.29, 1.82) is 0 Å². The molecule has 1 amide bonds. The lowest BCUT2D eigenvalue weighted by molar-refractivity contribution is 0.101. The van der Waals surface area contributed by atoms with E-state index in [4.69, 9.17) is 11.6 Å². The van der Waals surface area contributed by atoms with E-state index >= 15 is 0 Å². The van der Waals surface area contributed by atoms with Crippen LogP contribution in [0.15, 0.2) is 66.9 Å². The molecule has 0 spiro atoms. The number of hydrogen-bond acceptors (Lipinski definition) is 4. The Balaban J connectivity index is 1.69. The highest BCUT2D eigenvalue weighted by molar-refractivity contribution is 6.31. The van der Waals surface area contributed by atoms with Gasteiger partial charge in [-0.25, -0.2) is 4.98 Å². The number of amides is 1. The highest BCUT2D eigenvalue weighted by Crippen LogP contribution is 2.17. The highest BCUT2D eigenvalue weighted by atomic mass is 35.5. The minimum Gasteiger partial charge on any atom is -0.366 e. The van der Waals surface area contributed by atoms with E-state index in [0.717, 1.165) is 5.56 Å². The van der Waals surface area contributed by atoms with Crippen molar-refractivity contribution < 1.29 is 9.59 Å². The Morgan fingerprint density at radius 2 is 1.81 bits per heavy atom. The molecule has 2 aromatic carbocycles. The lowest BCUT2D eigenvalue weighted by atomic mass is 10.1. The molecule has 2 N–H and O–H groups in total. The summed E-state index contributed by atoms with van der Waals surface area (Å²) < 4.78 is 0. The number of halogens is 1. The van der Waals surface area contributed by atoms with E-state index in [2.05, 4.69) is 15.6 Å². The summed E-state index contributed by atoms with van der Waals surface area (Å²) in [5.41, 5.74) is 2.51. The molecule has 27 heavy (non-hydrogen) atoms. The summed E-state index contributed by atoms with van der Waals surface area (Å²) in [6, 6.07) is 17.7. The number of carbonyl (C=O) groups excluding carboxylic acids is 2. The van der Waals surface area contributed by atoms with Crippen LogP contribution >= 0.6 is 11.6 Å². The molecule has 6 heteroatoms. The van der Waals surface area contributed by atoms with Crippen LogP contribution in [0.25, 0.3) is 0 Å². The maximum atomic E-state index is 12.5. The van der Waals surface area contributed by atoms with Crippen molar-refractivity contribution in [1.82, 2.24) is 4.98 Å². The molecule has 0 aliphatic heterocycles. The zero-order valence-electron chi connectivity index (χ0n) is 14.7. The first-order chi connectivity index (χ1) is 13.0. The van der Waals surface area contributed by atoms with Gasteiger partial charge in [-0.05, 0) is 42.8 Å². The number of aromatic nitrogens is 1. The molecule has 0 aliphatic rings. The fourth-order valence-corrected chi connectivity index (χ4v) is 2.72. The Morgan fingerprint density at radius 1 is 1.00 bits per heavy atom. The number of nitrogens with one attached hydrogen (secondary N) is 2. The number of nitrogens with zero attached hydrogens (tertiary/aromatic N) is 1. The summed E-state index contributed by atoms with van der Waals surface area (Å²) >= 11 is 6.15. The molecule has 3 rings (SSSR count). The van der Waals surface area contributed by atoms with Crippen molar-refractivity contribution in [3.8, 4) is 0 Å². The van der Waals surface area contributed by atoms with Crippen LogP contribution in [0.4, 0.5) is 11.5 Å². The fourth-order valence-electron chi connectivity index (χ4n) is 2.52. The van der Waals surface area contributed by atoms with Gasteiger partial charge in [0.25, 0.3) is 5.91 Å². The van der Waals surface area contributed by atoms with E-state index in [0.29, 0.717) is 34.2 Å². The van der Waals surface area contributed by atoms with Crippen LogP contribution in [0, 0.1) is 0 Å². The summed E-state index contributed by atoms with van der Waals surface area (Å²) in [6.07, 6.45) is 1.57. The molecule has 1 heterocycles. The van der Waals surface area contributed by atoms with Gasteiger partial charge in [-0.1, -0.05) is 41.9 Å². The van der Waals surface area contributed by atoms with Crippen molar-refractivity contribution in [2.24, 2.45) is 0 Å². The van der Waals surface area contributed by atoms with Gasteiger partial charge in [0.15, 0.2) is 5.78 Å². The van der Waals surface area contributed by atoms with E-state index in [1.807, 2.05) is 24.3 Å². The van der Waals surface area contributed by atoms with Crippen LogP contribution in [0.3, 0.4) is 0 Å². The summed E-state index contributed by atoms with van der Waals surface area (Å²) in [6.45, 7) is 1.99. The van der Waals surface area contributed by atoms with Crippen molar-refractivity contribution in [3.05, 3.63) is 88.6 Å². The number of Topliss-reactive ketones (excluding diaryl/α,β-unsaturated/α-hetero) is 1. The topological polar surface area (TPSA) is 71.1 Å². The Bertz CT molecular complexity index is 988. The summed E-state index contributed by atoms with van der Waals surface area (Å²) in [5, 5.41) is 6.63. The SMILES string of the molecule is CC(=O)c1cccc(NC(=O)c2ccnc(NCc3ccccc3Cl)c2)c1. The summed E-state index contributed by atoms with van der Waals surface area (Å²) in [5.74, 6) is 0.236. The summed E-state index contributed by atoms with van der Waals surface area (Å²) in [4.78, 5) is 28.2. The smallest absolute Gasteiger partial charge is 0.255 e. The van der Waals surface area contributed by atoms with Crippen molar-refractivity contribution in [2.75, 3.05) is 10.6 Å². The number of hydrogen-bond donors (Lipinski definition) is 2. The number of pyridine rings is 1. The third kappa shape index (κ3) is 4.92. The Hall–Kier alpha value is -3.18. The molecular formula is C21H18ClN3O2. The molecule has 1 aromatic heterocycles. The molecule has 3 aromatic rings. The van der Waals surface area contributed by atoms with Gasteiger partial charge in [-0.15, -0.1) is 0 Å². The molecule has 0 fully saturated rings. The van der Waals surface area contributed by atoms with Gasteiger partial charge in [0.1, 0.15) is 5.82 Å². The predicted molar refractivity (Wildman–Crippen MR) is 107 cm³/mol. The molecule has 0 unspecified atom stereocenters. The van der Waals surface area contributed by atoms with Crippen molar-refractivity contribution in [3.63, 3.8) is 0 Å². The average molecular weight is 380 g/mol. The minimum atomic E-state index is -0.279. The van der Waals surface area contributed by atoms with Crippen molar-refractivity contribution >= 4 is 34.8 Å². The first kappa shape index (κ1) is 18.6. The number of rotatable bonds is 6. The molecule has 0 atom stereocenters. The van der Waals surface area contributed by atoms with Gasteiger partial charge in [0, 0.05) is 34.6 Å². The van der Waals surface area contributed by atoms with Crippen LogP contribution in [0.5, 0.6) is 0 Å². The first-order valence-electron chi connectivity index (χ1n) is 8.38. The van der Waals surface area contributed by atoms with Gasteiger partial charge in [-0.3, -0.25) is 9.59 Å². The number of benzene rings is 2. The lowest BCUT2D eigenvalue weighted by Gasteiger charge is -2.10. The van der Waals surface area contributed by atoms with Gasteiger partial charge < -0.3 is 10.6 Å². The monoisotopic (exact) mass is 379 g/mol. The summed E-state index contributed by atoms with van der Waals surface area (Å²) in [7, 11) is 0. The molecule has 0 aliphatic carbocycles. The van der Waals surface area contributed by atoms with Crippen LogP contribution < -0.4 is 10.6 Å². The number of carbonyl (C=O) groups is 2. The van der Waals surface area contributed by atoms with E-state index in [1.165, 1.54) is 6.92 Å². The quantitative estimate of drug-likeness (QED) is 0.603. The third-order valence-electron chi connectivity index (χ3n) is 3.97. The number of anilines is 2. The lowest BCUT2D eigenvalue weighted by Crippen LogP contribution is -2.13. The van der Waals surface area contributed by atoms with Crippen LogP contribution in [0.1, 0.15) is 33.2 Å². The molecule has 5 nitrogen and oxygen atoms in total. The van der Waals surface area contributed by atoms with E-state index in [1.54, 1.807) is 42.6 Å². The van der Waals surface area contributed by atoms with Gasteiger partial charge >= 0.3 is 0 Å². The first-order valence-corrected chi connectivity index (χ1v) is 8.76. The average Bonchev–Trinajstić information content (AvgIpc) is 2.68. The minimum absolute atomic E-state index is 0.0546. The zero-order valence-corrected chi connectivity index (χ0v) is 15.5. The standard InChI is InChI=1S/C21H18ClN3O2/c1-14(26)15-6-4-7-18(11-15)25-21(27)16-9-10-23-20(12-16)24-13-17-5-2-3-8-19(17)22/h2-12H,13H2,1H3,(H,23,24)(H,25,27). The molecule has 0 bridgehead atoms. The third-order valence-corrected chi connectivity index (χ3v) is 4.34. The van der Waals surface area contributed by atoms with Gasteiger partial charge in [-0.2, -0.15) is 0 Å². The second kappa shape index (κ2) is 8.47. The Labute approximate surface area is 162 Å². The van der Waals surface area contributed by atoms with Gasteiger partial charge in [0.05, 0.1) is 0 Å². The van der Waals surface area contributed by atoms with Crippen LogP contribution in [-0.4, -0.2) is 16.7 Å². The largest absolute Gasteiger partial charge is 0.366 e. The van der Waals surface area contributed by atoms with E-state index in [-0.39, 0.29) is 11.7 Å². The maximum absolute atomic E-state index is 12.5. The Kier molecular flexibility index (Phi) is 5.84. The molecule has 0 saturated heterocycles. The molecular weight excluding hydrogens is 362 g/mol. The van der Waals surface area contributed by atoms with E-state index in [9.17, 15) is 9.59 Å². The zero-order chi connectivity index (χ0) is 19.2. The Morgan fingerprint density at radius 3 is 2.59 bits per heavy atom. The van der Waals surface area contributed by atoms with Crippen LogP contribution in [-0.2, 0) is 6.54 Å². The highest BCUT2D eigenvalue weighted by Gasteiger charge is 2.09. The second-order valence-electron chi connectivity index (χ2n) is 5.97. The van der Waals surface area contributed by atoms with Gasteiger partial charge in [0.2, 0.25) is 0 Å². The molecule has 136 valence electrons. The normalized spacial score (nSPS) is 10.3. The predicted octanol–water partition coefficient (Wildman–Crippen LogP) is 4.80. The van der Waals surface area contributed by atoms with Crippen molar-refractivity contribution in [2.45, 2.75) is 13.5 Å².